The Hall–Kier alpha value is -1.00. The Kier molecular flexibility index (Phi) is 3.77. The molecule has 0 atom stereocenters. The number of ether oxygens (including phenoxy) is 1. The summed E-state index contributed by atoms with van der Waals surface area (Å²) in [7, 11) is 1.34. The Labute approximate surface area is 90.8 Å². The molecule has 0 heterocycles. The van der Waals surface area contributed by atoms with Gasteiger partial charge in [-0.1, -0.05) is 11.6 Å². The number of methoxy groups -OCH3 is 1. The van der Waals surface area contributed by atoms with Crippen LogP contribution in [0.5, 0.6) is 0 Å². The van der Waals surface area contributed by atoms with Crippen LogP contribution in [0.1, 0.15) is 22.8 Å². The van der Waals surface area contributed by atoms with Gasteiger partial charge in [-0.2, -0.15) is 0 Å². The van der Waals surface area contributed by atoms with E-state index in [0.29, 0.717) is 0 Å². The van der Waals surface area contributed by atoms with Crippen LogP contribution in [-0.2, 0) is 11.3 Å². The molecule has 1 aromatic carbocycles. The van der Waals surface area contributed by atoms with E-state index in [1.54, 1.807) is 0 Å². The first-order chi connectivity index (χ1) is 6.99. The number of benzene rings is 1. The minimum absolute atomic E-state index is 0.0130. The van der Waals surface area contributed by atoms with Gasteiger partial charge in [-0.15, -0.1) is 0 Å². The molecule has 0 fully saturated rings. The summed E-state index contributed by atoms with van der Waals surface area (Å²) >= 11 is 5.69. The Bertz CT molecular complexity index is 405. The van der Waals surface area contributed by atoms with Gasteiger partial charge < -0.3 is 4.74 Å². The lowest BCUT2D eigenvalue weighted by Crippen LogP contribution is -2.05. The Morgan fingerprint density at radius 3 is 2.53 bits per heavy atom. The highest BCUT2D eigenvalue weighted by Gasteiger charge is 2.19. The number of hydrogen-bond acceptors (Lipinski definition) is 2. The number of halogens is 3. The molecule has 0 unspecified atom stereocenters. The molecule has 1 rings (SSSR count). The van der Waals surface area contributed by atoms with Crippen molar-refractivity contribution in [1.82, 2.24) is 0 Å². The van der Waals surface area contributed by atoms with Crippen molar-refractivity contribution >= 4 is 17.4 Å². The third kappa shape index (κ3) is 2.33. The van der Waals surface area contributed by atoms with Crippen molar-refractivity contribution in [2.75, 3.05) is 7.11 Å². The molecule has 0 aromatic heterocycles. The van der Waals surface area contributed by atoms with Gasteiger partial charge in [0.15, 0.2) is 17.4 Å². The fraction of sp³-hybridized carbons (Fsp3) is 0.300. The maximum atomic E-state index is 13.4. The van der Waals surface area contributed by atoms with E-state index in [0.717, 1.165) is 13.0 Å². The second-order valence-electron chi connectivity index (χ2n) is 3.00. The minimum atomic E-state index is -1.18. The van der Waals surface area contributed by atoms with E-state index in [4.69, 9.17) is 11.6 Å². The highest BCUT2D eigenvalue weighted by atomic mass is 35.5. The van der Waals surface area contributed by atoms with Crippen molar-refractivity contribution in [2.45, 2.75) is 13.5 Å². The van der Waals surface area contributed by atoms with E-state index >= 15 is 0 Å². The lowest BCUT2D eigenvalue weighted by atomic mass is 10.1. The first-order valence-electron chi connectivity index (χ1n) is 4.15. The zero-order valence-corrected chi connectivity index (χ0v) is 8.99. The number of carbonyl (C=O) groups excluding carboxylic acids is 1. The van der Waals surface area contributed by atoms with Gasteiger partial charge in [-0.05, 0) is 13.0 Å². The molecule has 0 aliphatic carbocycles. The summed E-state index contributed by atoms with van der Waals surface area (Å²) in [5.41, 5.74) is -0.431. The molecule has 1 aromatic rings. The SMILES string of the molecule is COCc1c(Cl)cc(C(C)=O)c(F)c1F. The molecule has 0 N–H and O–H groups in total. The molecule has 82 valence electrons. The van der Waals surface area contributed by atoms with Gasteiger partial charge in [-0.3, -0.25) is 4.79 Å². The zero-order valence-electron chi connectivity index (χ0n) is 8.23. The maximum absolute atomic E-state index is 13.4. The molecular formula is C10H9ClF2O2. The van der Waals surface area contributed by atoms with Crippen molar-refractivity contribution in [3.63, 3.8) is 0 Å². The average Bonchev–Trinajstić information content (AvgIpc) is 2.18. The van der Waals surface area contributed by atoms with E-state index in [1.807, 2.05) is 0 Å². The predicted molar refractivity (Wildman–Crippen MR) is 52.1 cm³/mol. The third-order valence-electron chi connectivity index (χ3n) is 1.92. The standard InChI is InChI=1S/C10H9ClF2O2/c1-5(14)6-3-8(11)7(4-15-2)10(13)9(6)12/h3H,4H2,1-2H3. The molecule has 2 nitrogen and oxygen atoms in total. The Balaban J connectivity index is 3.37. The maximum Gasteiger partial charge on any atom is 0.170 e. The van der Waals surface area contributed by atoms with Crippen LogP contribution < -0.4 is 0 Å². The van der Waals surface area contributed by atoms with E-state index in [2.05, 4.69) is 4.74 Å². The molecule has 0 amide bonds. The van der Waals surface area contributed by atoms with Gasteiger partial charge in [-0.25, -0.2) is 8.78 Å². The van der Waals surface area contributed by atoms with Gasteiger partial charge in [0.1, 0.15) is 0 Å². The van der Waals surface area contributed by atoms with E-state index in [9.17, 15) is 13.6 Å². The van der Waals surface area contributed by atoms with Crippen LogP contribution in [0, 0.1) is 11.6 Å². The minimum Gasteiger partial charge on any atom is -0.380 e. The summed E-state index contributed by atoms with van der Waals surface area (Å²) in [4.78, 5) is 10.9. The molecule has 0 radical (unpaired) electrons. The van der Waals surface area contributed by atoms with Gasteiger partial charge >= 0.3 is 0 Å². The van der Waals surface area contributed by atoms with E-state index < -0.39 is 17.4 Å². The molecule has 0 saturated carbocycles. The summed E-state index contributed by atoms with van der Waals surface area (Å²) in [6, 6.07) is 1.11. The average molecular weight is 235 g/mol. The largest absolute Gasteiger partial charge is 0.380 e. The third-order valence-corrected chi connectivity index (χ3v) is 2.26. The lowest BCUT2D eigenvalue weighted by molar-refractivity contribution is 0.101. The predicted octanol–water partition coefficient (Wildman–Crippen LogP) is 2.97. The van der Waals surface area contributed by atoms with Crippen molar-refractivity contribution in [3.8, 4) is 0 Å². The highest BCUT2D eigenvalue weighted by molar-refractivity contribution is 6.31. The highest BCUT2D eigenvalue weighted by Crippen LogP contribution is 2.25. The molecule has 0 saturated heterocycles. The van der Waals surface area contributed by atoms with Crippen molar-refractivity contribution < 1.29 is 18.3 Å². The second-order valence-corrected chi connectivity index (χ2v) is 3.41. The normalized spacial score (nSPS) is 10.5. The van der Waals surface area contributed by atoms with Gasteiger partial charge in [0.05, 0.1) is 12.2 Å². The molecule has 0 aliphatic rings. The zero-order chi connectivity index (χ0) is 11.6. The van der Waals surface area contributed by atoms with Crippen LogP contribution in [0.2, 0.25) is 5.02 Å². The topological polar surface area (TPSA) is 26.3 Å². The fourth-order valence-electron chi connectivity index (χ4n) is 1.17. The number of ketones is 1. The molecular weight excluding hydrogens is 226 g/mol. The smallest absolute Gasteiger partial charge is 0.170 e. The Morgan fingerprint density at radius 1 is 1.47 bits per heavy atom. The first kappa shape index (κ1) is 12.1. The van der Waals surface area contributed by atoms with E-state index in [1.165, 1.54) is 7.11 Å². The van der Waals surface area contributed by atoms with E-state index in [-0.39, 0.29) is 22.8 Å². The monoisotopic (exact) mass is 234 g/mol. The Morgan fingerprint density at radius 2 is 2.07 bits per heavy atom. The molecule has 0 aliphatic heterocycles. The summed E-state index contributed by atoms with van der Waals surface area (Å²) in [5.74, 6) is -2.88. The quantitative estimate of drug-likeness (QED) is 0.594. The lowest BCUT2D eigenvalue weighted by Gasteiger charge is -2.08. The van der Waals surface area contributed by atoms with Gasteiger partial charge in [0, 0.05) is 17.7 Å². The second kappa shape index (κ2) is 4.68. The van der Waals surface area contributed by atoms with Crippen LogP contribution >= 0.6 is 11.6 Å². The van der Waals surface area contributed by atoms with Crippen molar-refractivity contribution in [3.05, 3.63) is 33.9 Å². The van der Waals surface area contributed by atoms with Gasteiger partial charge in [0.25, 0.3) is 0 Å². The fourth-order valence-corrected chi connectivity index (χ4v) is 1.41. The summed E-state index contributed by atoms with van der Waals surface area (Å²) < 4.78 is 31.4. The molecule has 0 bridgehead atoms. The number of hydrogen-bond donors (Lipinski definition) is 0. The van der Waals surface area contributed by atoms with Crippen LogP contribution in [0.15, 0.2) is 6.07 Å². The van der Waals surface area contributed by atoms with Gasteiger partial charge in [0.2, 0.25) is 0 Å². The van der Waals surface area contributed by atoms with Crippen molar-refractivity contribution in [1.29, 1.82) is 0 Å². The van der Waals surface area contributed by atoms with Crippen LogP contribution in [0.4, 0.5) is 8.78 Å². The van der Waals surface area contributed by atoms with Crippen molar-refractivity contribution in [2.24, 2.45) is 0 Å². The molecule has 15 heavy (non-hydrogen) atoms. The van der Waals surface area contributed by atoms with Crippen LogP contribution in [-0.4, -0.2) is 12.9 Å². The molecule has 5 heteroatoms. The van der Waals surface area contributed by atoms with Crippen LogP contribution in [0.25, 0.3) is 0 Å². The summed E-state index contributed by atoms with van der Waals surface area (Å²) in [6.45, 7) is 1.00. The molecule has 0 spiro atoms. The summed E-state index contributed by atoms with van der Waals surface area (Å²) in [5, 5.41) is -0.0130. The summed E-state index contributed by atoms with van der Waals surface area (Å²) in [6.07, 6.45) is 0. The van der Waals surface area contributed by atoms with Crippen LogP contribution in [0.3, 0.4) is 0 Å². The number of carbonyl (C=O) groups is 1. The number of Topliss-reactive ketones (excluding diaryl/α,β-unsaturated/α-hetero) is 1. The number of rotatable bonds is 3. The first-order valence-corrected chi connectivity index (χ1v) is 4.53.